The minimum Gasteiger partial charge on any atom is -0.481 e. The molecule has 1 heterocycles. The van der Waals surface area contributed by atoms with Crippen LogP contribution in [0.4, 0.5) is 11.4 Å². The lowest BCUT2D eigenvalue weighted by molar-refractivity contribution is -0.136. The van der Waals surface area contributed by atoms with E-state index >= 15 is 0 Å². The van der Waals surface area contributed by atoms with Crippen LogP contribution in [0.1, 0.15) is 34.7 Å². The summed E-state index contributed by atoms with van der Waals surface area (Å²) < 4.78 is 2.24. The molecule has 0 atom stereocenters. The Morgan fingerprint density at radius 3 is 2.29 bits per heavy atom. The number of carboxylic acid groups (broad SMARTS) is 1. The van der Waals surface area contributed by atoms with E-state index in [1.165, 1.54) is 0 Å². The number of carbonyl (C=O) groups is 2. The van der Waals surface area contributed by atoms with Gasteiger partial charge in [0.25, 0.3) is 0 Å². The standard InChI is InChI=1S/C28H30N2O3S/c1-16-7-9-20(10-8-16)26-18(3)27-23-12-11-22(29(5)19(4)31)13-21(23)15-30(34-6)28(27)17(2)24(26)14-25(32)33/h7-13H,14-15H2,1-6H3,(H,32,33). The van der Waals surface area contributed by atoms with Gasteiger partial charge in [-0.2, -0.15) is 0 Å². The molecule has 6 heteroatoms. The third kappa shape index (κ3) is 4.07. The second-order valence-corrected chi connectivity index (χ2v) is 9.71. The molecule has 0 fully saturated rings. The van der Waals surface area contributed by atoms with Crippen molar-refractivity contribution in [3.63, 3.8) is 0 Å². The van der Waals surface area contributed by atoms with E-state index in [0.717, 1.165) is 61.4 Å². The Bertz CT molecular complexity index is 1300. The number of anilines is 2. The molecule has 0 aromatic heterocycles. The molecule has 0 radical (unpaired) electrons. The van der Waals surface area contributed by atoms with Gasteiger partial charge in [-0.1, -0.05) is 47.8 Å². The summed E-state index contributed by atoms with van der Waals surface area (Å²) in [5, 5.41) is 9.76. The minimum atomic E-state index is -0.834. The average Bonchev–Trinajstić information content (AvgIpc) is 2.81. The molecule has 5 nitrogen and oxygen atoms in total. The normalized spacial score (nSPS) is 12.2. The highest BCUT2D eigenvalue weighted by atomic mass is 32.2. The first kappa shape index (κ1) is 23.9. The molecule has 176 valence electrons. The maximum atomic E-state index is 11.9. The number of carboxylic acids is 1. The van der Waals surface area contributed by atoms with E-state index in [4.69, 9.17) is 0 Å². The molecule has 4 rings (SSSR count). The maximum Gasteiger partial charge on any atom is 0.307 e. The van der Waals surface area contributed by atoms with Gasteiger partial charge in [-0.15, -0.1) is 0 Å². The predicted octanol–water partition coefficient (Wildman–Crippen LogP) is 6.15. The SMILES string of the molecule is CSN1Cc2cc(N(C)C(C)=O)ccc2-c2c(C)c(-c3ccc(C)cc3)c(CC(=O)O)c(C)c21. The van der Waals surface area contributed by atoms with Crippen molar-refractivity contribution in [1.29, 1.82) is 0 Å². The smallest absolute Gasteiger partial charge is 0.307 e. The van der Waals surface area contributed by atoms with Crippen molar-refractivity contribution in [2.24, 2.45) is 0 Å². The number of aliphatic carboxylic acids is 1. The molecule has 0 bridgehead atoms. The van der Waals surface area contributed by atoms with Gasteiger partial charge in [0.2, 0.25) is 5.91 Å². The summed E-state index contributed by atoms with van der Waals surface area (Å²) in [7, 11) is 1.79. The maximum absolute atomic E-state index is 11.9. The quantitative estimate of drug-likeness (QED) is 0.449. The fraction of sp³-hybridized carbons (Fsp3) is 0.286. The zero-order valence-electron chi connectivity index (χ0n) is 20.5. The number of rotatable bonds is 5. The molecule has 1 N–H and O–H groups in total. The van der Waals surface area contributed by atoms with Crippen molar-refractivity contribution in [3.05, 3.63) is 70.3 Å². The summed E-state index contributed by atoms with van der Waals surface area (Å²) in [6.07, 6.45) is 2.01. The summed E-state index contributed by atoms with van der Waals surface area (Å²) in [5.74, 6) is -0.843. The van der Waals surface area contributed by atoms with Gasteiger partial charge in [0.1, 0.15) is 0 Å². The van der Waals surface area contributed by atoms with Gasteiger partial charge in [-0.3, -0.25) is 9.59 Å². The summed E-state index contributed by atoms with van der Waals surface area (Å²) in [4.78, 5) is 25.5. The van der Waals surface area contributed by atoms with Crippen LogP contribution in [-0.2, 0) is 22.6 Å². The van der Waals surface area contributed by atoms with Crippen molar-refractivity contribution < 1.29 is 14.7 Å². The average molecular weight is 475 g/mol. The molecule has 3 aromatic carbocycles. The number of hydrogen-bond donors (Lipinski definition) is 1. The Balaban J connectivity index is 2.05. The number of amides is 1. The van der Waals surface area contributed by atoms with Gasteiger partial charge in [0.15, 0.2) is 0 Å². The summed E-state index contributed by atoms with van der Waals surface area (Å²) >= 11 is 1.63. The van der Waals surface area contributed by atoms with Crippen LogP contribution in [0.2, 0.25) is 0 Å². The fourth-order valence-corrected chi connectivity index (χ4v) is 5.59. The molecule has 3 aromatic rings. The van der Waals surface area contributed by atoms with Crippen LogP contribution in [0, 0.1) is 20.8 Å². The second kappa shape index (κ2) is 9.18. The zero-order chi connectivity index (χ0) is 24.7. The minimum absolute atomic E-state index is 0.00937. The third-order valence-corrected chi connectivity index (χ3v) is 7.52. The molecular weight excluding hydrogens is 444 g/mol. The van der Waals surface area contributed by atoms with Crippen LogP contribution < -0.4 is 9.21 Å². The summed E-state index contributed by atoms with van der Waals surface area (Å²) in [5.41, 5.74) is 11.5. The highest BCUT2D eigenvalue weighted by Crippen LogP contribution is 2.50. The van der Waals surface area contributed by atoms with Crippen molar-refractivity contribution in [3.8, 4) is 22.3 Å². The van der Waals surface area contributed by atoms with E-state index in [2.05, 4.69) is 54.6 Å². The molecule has 0 unspecified atom stereocenters. The summed E-state index contributed by atoms with van der Waals surface area (Å²) in [6, 6.07) is 14.5. The molecule has 0 aliphatic carbocycles. The Morgan fingerprint density at radius 2 is 1.71 bits per heavy atom. The van der Waals surface area contributed by atoms with Crippen LogP contribution in [0.3, 0.4) is 0 Å². The van der Waals surface area contributed by atoms with E-state index < -0.39 is 5.97 Å². The molecular formula is C28H30N2O3S. The fourth-order valence-electron chi connectivity index (χ4n) is 4.91. The molecule has 1 aliphatic rings. The van der Waals surface area contributed by atoms with Gasteiger partial charge in [-0.25, -0.2) is 0 Å². The molecule has 0 saturated carbocycles. The largest absolute Gasteiger partial charge is 0.481 e. The monoisotopic (exact) mass is 474 g/mol. The van der Waals surface area contributed by atoms with Gasteiger partial charge in [0, 0.05) is 31.5 Å². The van der Waals surface area contributed by atoms with Gasteiger partial charge < -0.3 is 14.3 Å². The first-order valence-corrected chi connectivity index (χ1v) is 12.5. The van der Waals surface area contributed by atoms with Crippen LogP contribution >= 0.6 is 11.9 Å². The number of fused-ring (bicyclic) bond motifs is 3. The van der Waals surface area contributed by atoms with E-state index in [0.29, 0.717) is 6.54 Å². The van der Waals surface area contributed by atoms with Gasteiger partial charge >= 0.3 is 5.97 Å². The van der Waals surface area contributed by atoms with Crippen molar-refractivity contribution in [2.75, 3.05) is 22.5 Å². The van der Waals surface area contributed by atoms with Crippen molar-refractivity contribution in [2.45, 2.75) is 40.7 Å². The number of carbonyl (C=O) groups excluding carboxylic acids is 1. The highest BCUT2D eigenvalue weighted by Gasteiger charge is 2.30. The van der Waals surface area contributed by atoms with Crippen LogP contribution in [0.5, 0.6) is 0 Å². The van der Waals surface area contributed by atoms with Crippen LogP contribution in [0.15, 0.2) is 42.5 Å². The van der Waals surface area contributed by atoms with Crippen molar-refractivity contribution in [1.82, 2.24) is 0 Å². The van der Waals surface area contributed by atoms with E-state index in [9.17, 15) is 14.7 Å². The van der Waals surface area contributed by atoms with Gasteiger partial charge in [0.05, 0.1) is 18.7 Å². The molecule has 0 spiro atoms. The Hall–Kier alpha value is -3.25. The number of nitrogens with zero attached hydrogens (tertiary/aromatic N) is 2. The number of hydrogen-bond acceptors (Lipinski definition) is 4. The number of aryl methyl sites for hydroxylation is 1. The molecule has 1 amide bonds. The zero-order valence-corrected chi connectivity index (χ0v) is 21.3. The van der Waals surface area contributed by atoms with E-state index in [-0.39, 0.29) is 12.3 Å². The highest BCUT2D eigenvalue weighted by molar-refractivity contribution is 7.99. The third-order valence-electron chi connectivity index (χ3n) is 6.77. The lowest BCUT2D eigenvalue weighted by Gasteiger charge is -2.36. The number of benzene rings is 3. The first-order valence-electron chi connectivity index (χ1n) is 11.3. The molecule has 1 aliphatic heterocycles. The first-order chi connectivity index (χ1) is 16.1. The second-order valence-electron chi connectivity index (χ2n) is 8.90. The van der Waals surface area contributed by atoms with E-state index in [1.807, 2.05) is 19.2 Å². The molecule has 0 saturated heterocycles. The topological polar surface area (TPSA) is 60.9 Å². The Morgan fingerprint density at radius 1 is 1.03 bits per heavy atom. The summed E-state index contributed by atoms with van der Waals surface area (Å²) in [6.45, 7) is 8.44. The van der Waals surface area contributed by atoms with Crippen LogP contribution in [0.25, 0.3) is 22.3 Å². The molecule has 34 heavy (non-hydrogen) atoms. The van der Waals surface area contributed by atoms with Crippen molar-refractivity contribution >= 4 is 35.2 Å². The Labute approximate surface area is 205 Å². The van der Waals surface area contributed by atoms with Crippen LogP contribution in [-0.4, -0.2) is 30.3 Å². The lowest BCUT2D eigenvalue weighted by atomic mass is 9.81. The Kier molecular flexibility index (Phi) is 6.45. The van der Waals surface area contributed by atoms with Gasteiger partial charge in [-0.05, 0) is 71.8 Å². The van der Waals surface area contributed by atoms with E-state index in [1.54, 1.807) is 30.8 Å². The predicted molar refractivity (Wildman–Crippen MR) is 142 cm³/mol. The lowest BCUT2D eigenvalue weighted by Crippen LogP contribution is -2.25.